The van der Waals surface area contributed by atoms with Crippen molar-refractivity contribution in [2.24, 2.45) is 0 Å². The van der Waals surface area contributed by atoms with Crippen LogP contribution < -0.4 is 0 Å². The van der Waals surface area contributed by atoms with Crippen LogP contribution in [0.25, 0.3) is 0 Å². The Morgan fingerprint density at radius 1 is 1.04 bits per heavy atom. The van der Waals surface area contributed by atoms with Crippen LogP contribution in [0.2, 0.25) is 8.67 Å². The van der Waals surface area contributed by atoms with Crippen molar-refractivity contribution in [3.05, 3.63) is 55.9 Å². The predicted octanol–water partition coefficient (Wildman–Crippen LogP) is 3.72. The van der Waals surface area contributed by atoms with Crippen molar-refractivity contribution in [1.82, 2.24) is 9.80 Å². The summed E-state index contributed by atoms with van der Waals surface area (Å²) in [4.78, 5) is 28.2. The van der Waals surface area contributed by atoms with Crippen LogP contribution in [0.5, 0.6) is 0 Å². The first-order chi connectivity index (χ1) is 11.9. The number of nitrogens with zero attached hydrogens (tertiary/aromatic N) is 2. The summed E-state index contributed by atoms with van der Waals surface area (Å²) in [6.07, 6.45) is 0.222. The highest BCUT2D eigenvalue weighted by Gasteiger charge is 2.26. The highest BCUT2D eigenvalue weighted by atomic mass is 35.5. The summed E-state index contributed by atoms with van der Waals surface area (Å²) in [6, 6.07) is 7.47. The summed E-state index contributed by atoms with van der Waals surface area (Å²) in [6.45, 7) is 1.80. The van der Waals surface area contributed by atoms with E-state index in [1.165, 1.54) is 12.1 Å². The number of hydrogen-bond acceptors (Lipinski definition) is 3. The maximum Gasteiger partial charge on any atom is 0.256 e. The van der Waals surface area contributed by atoms with Gasteiger partial charge >= 0.3 is 0 Å². The Balaban J connectivity index is 1.56. The molecule has 0 spiro atoms. The number of rotatable bonds is 3. The molecule has 0 radical (unpaired) electrons. The first-order valence-electron chi connectivity index (χ1n) is 7.70. The van der Waals surface area contributed by atoms with Crippen LogP contribution in [-0.4, -0.2) is 47.8 Å². The van der Waals surface area contributed by atoms with Crippen molar-refractivity contribution in [2.45, 2.75) is 6.42 Å². The molecule has 1 fully saturated rings. The molecule has 1 saturated heterocycles. The van der Waals surface area contributed by atoms with Crippen molar-refractivity contribution in [2.75, 3.05) is 26.2 Å². The van der Waals surface area contributed by atoms with E-state index in [2.05, 4.69) is 0 Å². The number of carbonyl (C=O) groups excluding carboxylic acids is 2. The molecule has 0 unspecified atom stereocenters. The van der Waals surface area contributed by atoms with Gasteiger partial charge in [-0.15, -0.1) is 11.3 Å². The highest BCUT2D eigenvalue weighted by Crippen LogP contribution is 2.32. The van der Waals surface area contributed by atoms with Crippen molar-refractivity contribution in [3.8, 4) is 0 Å². The number of amides is 2. The molecule has 132 valence electrons. The summed E-state index contributed by atoms with van der Waals surface area (Å²) in [5.41, 5.74) is 1.17. The standard InChI is InChI=1S/C17H15Cl2FN2O2S/c18-14-10-13(16(19)25-14)17(24)22-7-5-21(6-8-22)15(23)9-11-1-3-12(20)4-2-11/h1-4,10H,5-9H2. The van der Waals surface area contributed by atoms with Gasteiger partial charge in [0.1, 0.15) is 10.2 Å². The van der Waals surface area contributed by atoms with Gasteiger partial charge in [0.25, 0.3) is 5.91 Å². The van der Waals surface area contributed by atoms with Gasteiger partial charge in [-0.25, -0.2) is 4.39 Å². The predicted molar refractivity (Wildman–Crippen MR) is 96.9 cm³/mol. The van der Waals surface area contributed by atoms with Crippen LogP contribution in [0.1, 0.15) is 15.9 Å². The van der Waals surface area contributed by atoms with Gasteiger partial charge in [-0.2, -0.15) is 0 Å². The molecule has 4 nitrogen and oxygen atoms in total. The molecule has 2 aromatic rings. The van der Waals surface area contributed by atoms with Gasteiger partial charge in [0.2, 0.25) is 5.91 Å². The molecule has 25 heavy (non-hydrogen) atoms. The third kappa shape index (κ3) is 4.32. The molecule has 0 bridgehead atoms. The minimum absolute atomic E-state index is 0.0321. The highest BCUT2D eigenvalue weighted by molar-refractivity contribution is 7.20. The second-order valence-electron chi connectivity index (χ2n) is 5.71. The second-order valence-corrected chi connectivity index (χ2v) is 8.00. The quantitative estimate of drug-likeness (QED) is 0.787. The molecular formula is C17H15Cl2FN2O2S. The number of thiophene rings is 1. The Morgan fingerprint density at radius 3 is 2.20 bits per heavy atom. The van der Waals surface area contributed by atoms with Gasteiger partial charge in [-0.3, -0.25) is 9.59 Å². The zero-order valence-corrected chi connectivity index (χ0v) is 15.5. The average molecular weight is 401 g/mol. The second kappa shape index (κ2) is 7.72. The zero-order valence-electron chi connectivity index (χ0n) is 13.2. The summed E-state index contributed by atoms with van der Waals surface area (Å²) in [5, 5.41) is 0. The Hall–Kier alpha value is -1.63. The summed E-state index contributed by atoms with van der Waals surface area (Å²) in [7, 11) is 0. The van der Waals surface area contributed by atoms with E-state index in [1.807, 2.05) is 0 Å². The van der Waals surface area contributed by atoms with Crippen molar-refractivity contribution in [1.29, 1.82) is 0 Å². The number of benzene rings is 1. The lowest BCUT2D eigenvalue weighted by atomic mass is 10.1. The first kappa shape index (κ1) is 18.2. The molecule has 0 N–H and O–H groups in total. The summed E-state index contributed by atoms with van der Waals surface area (Å²) < 4.78 is 13.8. The maximum atomic E-state index is 12.9. The first-order valence-corrected chi connectivity index (χ1v) is 9.27. The molecule has 0 aliphatic carbocycles. The van der Waals surface area contributed by atoms with Gasteiger partial charge in [0, 0.05) is 26.2 Å². The Kier molecular flexibility index (Phi) is 5.61. The van der Waals surface area contributed by atoms with E-state index in [0.29, 0.717) is 40.4 Å². The average Bonchev–Trinajstić information content (AvgIpc) is 2.94. The molecule has 1 aliphatic rings. The normalized spacial score (nSPS) is 14.7. The minimum atomic E-state index is -0.324. The Labute approximate surface area is 158 Å². The van der Waals surface area contributed by atoms with Gasteiger partial charge < -0.3 is 9.80 Å². The van der Waals surface area contributed by atoms with Crippen LogP contribution in [0.3, 0.4) is 0 Å². The third-order valence-corrected chi connectivity index (χ3v) is 5.56. The lowest BCUT2D eigenvalue weighted by Gasteiger charge is -2.34. The number of hydrogen-bond donors (Lipinski definition) is 0. The molecule has 1 aromatic heterocycles. The molecule has 1 aromatic carbocycles. The number of halogens is 3. The Morgan fingerprint density at radius 2 is 1.64 bits per heavy atom. The fraction of sp³-hybridized carbons (Fsp3) is 0.294. The lowest BCUT2D eigenvalue weighted by molar-refractivity contribution is -0.131. The van der Waals surface area contributed by atoms with Gasteiger partial charge in [0.15, 0.2) is 0 Å². The molecule has 3 rings (SSSR count). The maximum absolute atomic E-state index is 12.9. The van der Waals surface area contributed by atoms with E-state index in [-0.39, 0.29) is 24.1 Å². The molecule has 1 aliphatic heterocycles. The monoisotopic (exact) mass is 400 g/mol. The van der Waals surface area contributed by atoms with E-state index >= 15 is 0 Å². The van der Waals surface area contributed by atoms with Crippen LogP contribution in [-0.2, 0) is 11.2 Å². The van der Waals surface area contributed by atoms with E-state index in [9.17, 15) is 14.0 Å². The van der Waals surface area contributed by atoms with Gasteiger partial charge in [-0.1, -0.05) is 35.3 Å². The van der Waals surface area contributed by atoms with E-state index < -0.39 is 0 Å². The molecule has 0 atom stereocenters. The summed E-state index contributed by atoms with van der Waals surface area (Å²) >= 11 is 13.1. The number of piperazine rings is 1. The smallest absolute Gasteiger partial charge is 0.256 e. The molecular weight excluding hydrogens is 386 g/mol. The summed E-state index contributed by atoms with van der Waals surface area (Å²) in [5.74, 6) is -0.523. The minimum Gasteiger partial charge on any atom is -0.339 e. The third-order valence-electron chi connectivity index (χ3n) is 4.08. The van der Waals surface area contributed by atoms with Crippen LogP contribution >= 0.6 is 34.5 Å². The molecule has 2 heterocycles. The van der Waals surface area contributed by atoms with Gasteiger partial charge in [-0.05, 0) is 23.8 Å². The van der Waals surface area contributed by atoms with E-state index in [1.54, 1.807) is 28.0 Å². The van der Waals surface area contributed by atoms with E-state index in [4.69, 9.17) is 23.2 Å². The largest absolute Gasteiger partial charge is 0.339 e. The van der Waals surface area contributed by atoms with Crippen LogP contribution in [0.4, 0.5) is 4.39 Å². The molecule has 8 heteroatoms. The van der Waals surface area contributed by atoms with Gasteiger partial charge in [0.05, 0.1) is 16.3 Å². The van der Waals surface area contributed by atoms with E-state index in [0.717, 1.165) is 16.9 Å². The fourth-order valence-electron chi connectivity index (χ4n) is 2.70. The van der Waals surface area contributed by atoms with Crippen molar-refractivity contribution < 1.29 is 14.0 Å². The van der Waals surface area contributed by atoms with Crippen LogP contribution in [0, 0.1) is 5.82 Å². The van der Waals surface area contributed by atoms with Crippen molar-refractivity contribution >= 4 is 46.4 Å². The molecule has 2 amide bonds. The molecule has 0 saturated carbocycles. The van der Waals surface area contributed by atoms with Crippen molar-refractivity contribution in [3.63, 3.8) is 0 Å². The number of carbonyl (C=O) groups is 2. The fourth-order valence-corrected chi connectivity index (χ4v) is 4.15. The SMILES string of the molecule is O=C(Cc1ccc(F)cc1)N1CCN(C(=O)c2cc(Cl)sc2Cl)CC1. The van der Waals surface area contributed by atoms with Crippen LogP contribution in [0.15, 0.2) is 30.3 Å². The Bertz CT molecular complexity index is 786. The topological polar surface area (TPSA) is 40.6 Å². The zero-order chi connectivity index (χ0) is 18.0. The lowest BCUT2D eigenvalue weighted by Crippen LogP contribution is -2.51.